The van der Waals surface area contributed by atoms with Gasteiger partial charge in [-0.2, -0.15) is 4.98 Å². The summed E-state index contributed by atoms with van der Waals surface area (Å²) in [6.45, 7) is 0. The molecule has 25 heavy (non-hydrogen) atoms. The molecule has 122 valence electrons. The highest BCUT2D eigenvalue weighted by Gasteiger charge is 2.06. The molecular formula is C19H16N6. The Bertz CT molecular complexity index is 970. The van der Waals surface area contributed by atoms with Gasteiger partial charge in [0, 0.05) is 29.2 Å². The number of aromatic nitrogens is 2. The van der Waals surface area contributed by atoms with Gasteiger partial charge in [0.05, 0.1) is 11.3 Å². The van der Waals surface area contributed by atoms with Crippen molar-refractivity contribution in [2.45, 2.75) is 0 Å². The molecule has 0 spiro atoms. The van der Waals surface area contributed by atoms with Crippen LogP contribution in [0.4, 0.5) is 23.1 Å². The van der Waals surface area contributed by atoms with Crippen LogP contribution < -0.4 is 16.8 Å². The van der Waals surface area contributed by atoms with Crippen LogP contribution in [0.25, 0.3) is 0 Å². The second kappa shape index (κ2) is 7.15. The van der Waals surface area contributed by atoms with E-state index in [4.69, 9.17) is 16.9 Å². The van der Waals surface area contributed by atoms with Crippen molar-refractivity contribution < 1.29 is 0 Å². The number of hydrogen-bond donors (Lipinski definition) is 4. The number of nitrogens with one attached hydrogen (secondary N) is 2. The molecule has 0 atom stereocenters. The zero-order valence-electron chi connectivity index (χ0n) is 13.3. The lowest BCUT2D eigenvalue weighted by molar-refractivity contribution is 1.18. The Balaban J connectivity index is 1.98. The van der Waals surface area contributed by atoms with Gasteiger partial charge in [-0.25, -0.2) is 4.98 Å². The van der Waals surface area contributed by atoms with Gasteiger partial charge in [0.2, 0.25) is 5.95 Å². The van der Waals surface area contributed by atoms with E-state index in [1.165, 1.54) is 6.21 Å². The van der Waals surface area contributed by atoms with Crippen LogP contribution in [0.2, 0.25) is 0 Å². The fraction of sp³-hybridized carbons (Fsp3) is 0. The Morgan fingerprint density at radius 1 is 1.04 bits per heavy atom. The highest BCUT2D eigenvalue weighted by Crippen LogP contribution is 2.24. The quantitative estimate of drug-likeness (QED) is 0.335. The number of nitrogens with two attached hydrogens (primary N) is 2. The van der Waals surface area contributed by atoms with Crippen molar-refractivity contribution in [3.8, 4) is 11.8 Å². The van der Waals surface area contributed by atoms with E-state index >= 15 is 0 Å². The molecule has 3 aromatic rings. The second-order valence-electron chi connectivity index (χ2n) is 5.21. The average Bonchev–Trinajstić information content (AvgIpc) is 2.63. The highest BCUT2D eigenvalue weighted by molar-refractivity contribution is 5.90. The number of nitrogens with zero attached hydrogens (tertiary/aromatic N) is 2. The third kappa shape index (κ3) is 3.92. The van der Waals surface area contributed by atoms with Crippen LogP contribution in [0.3, 0.4) is 0 Å². The lowest BCUT2D eigenvalue weighted by Crippen LogP contribution is -2.02. The Morgan fingerprint density at radius 2 is 1.84 bits per heavy atom. The van der Waals surface area contributed by atoms with Crippen LogP contribution in [0.1, 0.15) is 16.7 Å². The maximum absolute atomic E-state index is 7.56. The molecule has 6 N–H and O–H groups in total. The first kappa shape index (κ1) is 16.0. The Labute approximate surface area is 145 Å². The molecule has 0 saturated heterocycles. The standard InChI is InChI=1S/C19H16N6/c20-12-15-11-16(24-17-8-9-23-19(22)25-17)10-14(18(15)21)7-6-13-4-2-1-3-5-13/h1-5,8-12,20H,21H2,(H3,22,23,24,25). The third-order valence-corrected chi connectivity index (χ3v) is 3.43. The fourth-order valence-corrected chi connectivity index (χ4v) is 2.22. The Kier molecular flexibility index (Phi) is 4.58. The molecular weight excluding hydrogens is 312 g/mol. The van der Waals surface area contributed by atoms with Crippen LogP contribution in [-0.2, 0) is 0 Å². The van der Waals surface area contributed by atoms with Gasteiger partial charge in [0.1, 0.15) is 5.82 Å². The number of nitrogen functional groups attached to an aromatic ring is 2. The van der Waals surface area contributed by atoms with Crippen LogP contribution >= 0.6 is 0 Å². The molecule has 0 fully saturated rings. The molecule has 0 aliphatic carbocycles. The second-order valence-corrected chi connectivity index (χ2v) is 5.21. The average molecular weight is 328 g/mol. The van der Waals surface area contributed by atoms with Crippen LogP contribution in [0.15, 0.2) is 54.7 Å². The van der Waals surface area contributed by atoms with Crippen molar-refractivity contribution in [3.63, 3.8) is 0 Å². The fourth-order valence-electron chi connectivity index (χ4n) is 2.22. The summed E-state index contributed by atoms with van der Waals surface area (Å²) in [6, 6.07) is 14.9. The van der Waals surface area contributed by atoms with E-state index in [9.17, 15) is 0 Å². The molecule has 0 saturated carbocycles. The molecule has 0 radical (unpaired) electrons. The molecule has 0 unspecified atom stereocenters. The number of rotatable bonds is 3. The molecule has 1 aromatic heterocycles. The van der Waals surface area contributed by atoms with Crippen molar-refractivity contribution >= 4 is 29.4 Å². The number of hydrogen-bond acceptors (Lipinski definition) is 6. The summed E-state index contributed by atoms with van der Waals surface area (Å²) < 4.78 is 0. The minimum Gasteiger partial charge on any atom is -0.397 e. The van der Waals surface area contributed by atoms with Gasteiger partial charge in [0.15, 0.2) is 0 Å². The highest BCUT2D eigenvalue weighted by atomic mass is 15.1. The van der Waals surface area contributed by atoms with Crippen LogP contribution in [0, 0.1) is 17.3 Å². The first-order chi connectivity index (χ1) is 12.2. The van der Waals surface area contributed by atoms with Crippen LogP contribution in [0.5, 0.6) is 0 Å². The van der Waals surface area contributed by atoms with E-state index in [0.717, 1.165) is 5.56 Å². The molecule has 0 amide bonds. The topological polar surface area (TPSA) is 114 Å². The molecule has 3 rings (SSSR count). The zero-order chi connectivity index (χ0) is 17.6. The van der Waals surface area contributed by atoms with Gasteiger partial charge in [0.25, 0.3) is 0 Å². The van der Waals surface area contributed by atoms with E-state index in [1.54, 1.807) is 18.3 Å². The maximum Gasteiger partial charge on any atom is 0.221 e. The summed E-state index contributed by atoms with van der Waals surface area (Å²) in [7, 11) is 0. The van der Waals surface area contributed by atoms with Crippen molar-refractivity contribution in [3.05, 3.63) is 71.4 Å². The third-order valence-electron chi connectivity index (χ3n) is 3.43. The van der Waals surface area contributed by atoms with Gasteiger partial charge >= 0.3 is 0 Å². The molecule has 1 heterocycles. The minimum atomic E-state index is 0.178. The molecule has 0 bridgehead atoms. The van der Waals surface area contributed by atoms with Crippen molar-refractivity contribution in [2.24, 2.45) is 0 Å². The lowest BCUT2D eigenvalue weighted by Gasteiger charge is -2.10. The number of benzene rings is 2. The number of anilines is 4. The molecule has 6 nitrogen and oxygen atoms in total. The zero-order valence-corrected chi connectivity index (χ0v) is 13.3. The van der Waals surface area contributed by atoms with Gasteiger partial charge in [-0.3, -0.25) is 0 Å². The summed E-state index contributed by atoms with van der Waals surface area (Å²) >= 11 is 0. The summed E-state index contributed by atoms with van der Waals surface area (Å²) in [5, 5.41) is 10.7. The molecule has 0 aliphatic heterocycles. The predicted octanol–water partition coefficient (Wildman–Crippen LogP) is 2.78. The first-order valence-corrected chi connectivity index (χ1v) is 7.52. The first-order valence-electron chi connectivity index (χ1n) is 7.52. The van der Waals surface area contributed by atoms with E-state index in [-0.39, 0.29) is 5.95 Å². The molecule has 2 aromatic carbocycles. The van der Waals surface area contributed by atoms with Crippen molar-refractivity contribution in [1.29, 1.82) is 5.41 Å². The van der Waals surface area contributed by atoms with E-state index in [2.05, 4.69) is 27.1 Å². The summed E-state index contributed by atoms with van der Waals surface area (Å²) in [6.07, 6.45) is 2.76. The van der Waals surface area contributed by atoms with Gasteiger partial charge in [-0.15, -0.1) is 0 Å². The smallest absolute Gasteiger partial charge is 0.221 e. The summed E-state index contributed by atoms with van der Waals surface area (Å²) in [5.41, 5.74) is 15.0. The maximum atomic E-state index is 7.56. The van der Waals surface area contributed by atoms with Gasteiger partial charge < -0.3 is 22.2 Å². The largest absolute Gasteiger partial charge is 0.397 e. The normalized spacial score (nSPS) is 9.76. The van der Waals surface area contributed by atoms with E-state index in [0.29, 0.717) is 28.3 Å². The van der Waals surface area contributed by atoms with Gasteiger partial charge in [-0.05, 0) is 30.3 Å². The van der Waals surface area contributed by atoms with Gasteiger partial charge in [-0.1, -0.05) is 30.0 Å². The lowest BCUT2D eigenvalue weighted by atomic mass is 10.1. The molecule has 6 heteroatoms. The summed E-state index contributed by atoms with van der Waals surface area (Å²) in [5.74, 6) is 6.87. The monoisotopic (exact) mass is 328 g/mol. The molecule has 0 aliphatic rings. The van der Waals surface area contributed by atoms with Crippen LogP contribution in [-0.4, -0.2) is 16.2 Å². The minimum absolute atomic E-state index is 0.178. The Hall–Kier alpha value is -3.85. The summed E-state index contributed by atoms with van der Waals surface area (Å²) in [4.78, 5) is 7.96. The SMILES string of the molecule is N=Cc1cc(Nc2ccnc(N)n2)cc(C#Cc2ccccc2)c1N. The van der Waals surface area contributed by atoms with Crippen molar-refractivity contribution in [2.75, 3.05) is 16.8 Å². The predicted molar refractivity (Wildman–Crippen MR) is 101 cm³/mol. The van der Waals surface area contributed by atoms with E-state index < -0.39 is 0 Å². The van der Waals surface area contributed by atoms with Crippen molar-refractivity contribution in [1.82, 2.24) is 9.97 Å². The van der Waals surface area contributed by atoms with E-state index in [1.807, 2.05) is 36.4 Å². The Morgan fingerprint density at radius 3 is 2.56 bits per heavy atom.